The summed E-state index contributed by atoms with van der Waals surface area (Å²) < 4.78 is 32.3. The van der Waals surface area contributed by atoms with Crippen molar-refractivity contribution in [3.8, 4) is 0 Å². The Morgan fingerprint density at radius 1 is 1.43 bits per heavy atom. The van der Waals surface area contributed by atoms with E-state index in [0.29, 0.717) is 24.0 Å². The summed E-state index contributed by atoms with van der Waals surface area (Å²) in [6.45, 7) is 2.81. The summed E-state index contributed by atoms with van der Waals surface area (Å²) in [6, 6.07) is 6.87. The zero-order valence-electron chi connectivity index (χ0n) is 12.2. The second-order valence-corrected chi connectivity index (χ2v) is 6.91. The standard InChI is InChI=1S/C14H22N2O3S.ClH/c1-19-11-12-4-2-6-14(8-12)20(17,18)16-10-13-5-3-7-15-9-13;/h2,4,6,8,13,15-16H,3,5,7,9-11H2,1H3;1H. The number of sulfonamides is 1. The minimum atomic E-state index is -3.43. The van der Waals surface area contributed by atoms with Gasteiger partial charge in [0.2, 0.25) is 10.0 Å². The summed E-state index contributed by atoms with van der Waals surface area (Å²) >= 11 is 0. The molecule has 1 aromatic rings. The molecule has 7 heteroatoms. The van der Waals surface area contributed by atoms with Crippen LogP contribution in [0.4, 0.5) is 0 Å². The molecule has 1 fully saturated rings. The zero-order valence-corrected chi connectivity index (χ0v) is 13.8. The minimum absolute atomic E-state index is 0. The molecule has 21 heavy (non-hydrogen) atoms. The Hall–Kier alpha value is -0.660. The molecule has 1 unspecified atom stereocenters. The van der Waals surface area contributed by atoms with Crippen molar-refractivity contribution < 1.29 is 13.2 Å². The minimum Gasteiger partial charge on any atom is -0.380 e. The molecule has 2 rings (SSSR count). The van der Waals surface area contributed by atoms with Crippen molar-refractivity contribution in [3.63, 3.8) is 0 Å². The fourth-order valence-electron chi connectivity index (χ4n) is 2.38. The van der Waals surface area contributed by atoms with Crippen LogP contribution in [-0.2, 0) is 21.4 Å². The number of ether oxygens (including phenoxy) is 1. The van der Waals surface area contributed by atoms with Crippen molar-refractivity contribution in [2.45, 2.75) is 24.3 Å². The van der Waals surface area contributed by atoms with E-state index in [1.807, 2.05) is 6.07 Å². The molecule has 1 heterocycles. The number of rotatable bonds is 6. The number of hydrogen-bond acceptors (Lipinski definition) is 4. The fourth-order valence-corrected chi connectivity index (χ4v) is 3.56. The molecule has 120 valence electrons. The Kier molecular flexibility index (Phi) is 7.62. The van der Waals surface area contributed by atoms with E-state index in [1.54, 1.807) is 25.3 Å². The van der Waals surface area contributed by atoms with Crippen LogP contribution in [0.25, 0.3) is 0 Å². The van der Waals surface area contributed by atoms with Crippen LogP contribution in [-0.4, -0.2) is 35.2 Å². The van der Waals surface area contributed by atoms with Gasteiger partial charge in [0.1, 0.15) is 0 Å². The molecule has 0 spiro atoms. The van der Waals surface area contributed by atoms with E-state index in [2.05, 4.69) is 10.0 Å². The van der Waals surface area contributed by atoms with Crippen LogP contribution >= 0.6 is 12.4 Å². The summed E-state index contributed by atoms with van der Waals surface area (Å²) in [5.74, 6) is 0.376. The van der Waals surface area contributed by atoms with Gasteiger partial charge in [0.25, 0.3) is 0 Å². The lowest BCUT2D eigenvalue weighted by Gasteiger charge is -2.22. The summed E-state index contributed by atoms with van der Waals surface area (Å²) in [4.78, 5) is 0.302. The van der Waals surface area contributed by atoms with Gasteiger partial charge >= 0.3 is 0 Å². The number of piperidine rings is 1. The maximum atomic E-state index is 12.3. The summed E-state index contributed by atoms with van der Waals surface area (Å²) in [5, 5.41) is 3.29. The van der Waals surface area contributed by atoms with E-state index in [9.17, 15) is 8.42 Å². The highest BCUT2D eigenvalue weighted by atomic mass is 35.5. The molecule has 0 amide bonds. The van der Waals surface area contributed by atoms with Crippen LogP contribution in [0.15, 0.2) is 29.2 Å². The van der Waals surface area contributed by atoms with E-state index in [4.69, 9.17) is 4.74 Å². The van der Waals surface area contributed by atoms with E-state index in [-0.39, 0.29) is 12.4 Å². The highest BCUT2D eigenvalue weighted by Gasteiger charge is 2.18. The van der Waals surface area contributed by atoms with Gasteiger partial charge in [-0.3, -0.25) is 0 Å². The number of methoxy groups -OCH3 is 1. The van der Waals surface area contributed by atoms with Gasteiger partial charge in [-0.15, -0.1) is 12.4 Å². The molecule has 0 saturated carbocycles. The molecular weight excluding hydrogens is 312 g/mol. The normalized spacial score (nSPS) is 19.0. The molecule has 0 aliphatic carbocycles. The monoisotopic (exact) mass is 334 g/mol. The Morgan fingerprint density at radius 2 is 2.24 bits per heavy atom. The lowest BCUT2D eigenvalue weighted by molar-refractivity contribution is 0.184. The zero-order chi connectivity index (χ0) is 14.4. The highest BCUT2D eigenvalue weighted by Crippen LogP contribution is 2.14. The third-order valence-electron chi connectivity index (χ3n) is 3.48. The largest absolute Gasteiger partial charge is 0.380 e. The van der Waals surface area contributed by atoms with Crippen LogP contribution < -0.4 is 10.0 Å². The molecular formula is C14H23ClN2O3S. The second kappa shape index (κ2) is 8.70. The molecule has 0 radical (unpaired) electrons. The maximum absolute atomic E-state index is 12.3. The Bertz CT molecular complexity index is 531. The Balaban J connectivity index is 0.00000220. The first-order chi connectivity index (χ1) is 9.62. The van der Waals surface area contributed by atoms with Crippen molar-refractivity contribution >= 4 is 22.4 Å². The summed E-state index contributed by atoms with van der Waals surface area (Å²) in [6.07, 6.45) is 2.18. The molecule has 1 aliphatic heterocycles. The predicted octanol–water partition coefficient (Wildman–Crippen LogP) is 1.53. The number of nitrogens with one attached hydrogen (secondary N) is 2. The number of halogens is 1. The van der Waals surface area contributed by atoms with Crippen LogP contribution in [0.5, 0.6) is 0 Å². The van der Waals surface area contributed by atoms with E-state index >= 15 is 0 Å². The average Bonchev–Trinajstić information content (AvgIpc) is 2.47. The van der Waals surface area contributed by atoms with Crippen LogP contribution in [0.2, 0.25) is 0 Å². The molecule has 1 atom stereocenters. The first-order valence-corrected chi connectivity index (χ1v) is 8.38. The Morgan fingerprint density at radius 3 is 2.90 bits per heavy atom. The third kappa shape index (κ3) is 5.56. The van der Waals surface area contributed by atoms with E-state index in [1.165, 1.54) is 0 Å². The predicted molar refractivity (Wildman–Crippen MR) is 85.2 cm³/mol. The van der Waals surface area contributed by atoms with Gasteiger partial charge in [-0.1, -0.05) is 12.1 Å². The van der Waals surface area contributed by atoms with E-state index in [0.717, 1.165) is 31.5 Å². The third-order valence-corrected chi connectivity index (χ3v) is 4.90. The quantitative estimate of drug-likeness (QED) is 0.828. The summed E-state index contributed by atoms with van der Waals surface area (Å²) in [5.41, 5.74) is 0.856. The van der Waals surface area contributed by atoms with Gasteiger partial charge in [-0.2, -0.15) is 0 Å². The Labute approximate surface area is 132 Å². The number of benzene rings is 1. The number of hydrogen-bond donors (Lipinski definition) is 2. The van der Waals surface area contributed by atoms with Crippen molar-refractivity contribution in [1.29, 1.82) is 0 Å². The SMILES string of the molecule is COCc1cccc(S(=O)(=O)NCC2CCCNC2)c1.Cl. The molecule has 1 aliphatic rings. The van der Waals surface area contributed by atoms with Crippen LogP contribution in [0, 0.1) is 5.92 Å². The van der Waals surface area contributed by atoms with Crippen LogP contribution in [0.1, 0.15) is 18.4 Å². The molecule has 5 nitrogen and oxygen atoms in total. The molecule has 1 saturated heterocycles. The molecule has 2 N–H and O–H groups in total. The summed E-state index contributed by atoms with van der Waals surface area (Å²) in [7, 11) is -1.84. The fraction of sp³-hybridized carbons (Fsp3) is 0.571. The first-order valence-electron chi connectivity index (χ1n) is 6.90. The lowest BCUT2D eigenvalue weighted by Crippen LogP contribution is -2.38. The van der Waals surface area contributed by atoms with Crippen molar-refractivity contribution in [1.82, 2.24) is 10.0 Å². The van der Waals surface area contributed by atoms with Gasteiger partial charge in [0, 0.05) is 13.7 Å². The highest BCUT2D eigenvalue weighted by molar-refractivity contribution is 7.89. The topological polar surface area (TPSA) is 67.4 Å². The van der Waals surface area contributed by atoms with E-state index < -0.39 is 10.0 Å². The molecule has 0 bridgehead atoms. The smallest absolute Gasteiger partial charge is 0.240 e. The first kappa shape index (κ1) is 18.4. The van der Waals surface area contributed by atoms with Crippen molar-refractivity contribution in [3.05, 3.63) is 29.8 Å². The molecule has 0 aromatic heterocycles. The van der Waals surface area contributed by atoms with Gasteiger partial charge < -0.3 is 10.1 Å². The lowest BCUT2D eigenvalue weighted by atomic mass is 10.0. The van der Waals surface area contributed by atoms with Gasteiger partial charge in [0.15, 0.2) is 0 Å². The maximum Gasteiger partial charge on any atom is 0.240 e. The average molecular weight is 335 g/mol. The van der Waals surface area contributed by atoms with Crippen molar-refractivity contribution in [2.24, 2.45) is 5.92 Å². The van der Waals surface area contributed by atoms with Gasteiger partial charge in [-0.05, 0) is 49.5 Å². The second-order valence-electron chi connectivity index (χ2n) is 5.14. The van der Waals surface area contributed by atoms with Crippen LogP contribution in [0.3, 0.4) is 0 Å². The van der Waals surface area contributed by atoms with Crippen molar-refractivity contribution in [2.75, 3.05) is 26.7 Å². The molecule has 1 aromatic carbocycles. The van der Waals surface area contributed by atoms with Gasteiger partial charge in [0.05, 0.1) is 11.5 Å². The van der Waals surface area contributed by atoms with Gasteiger partial charge in [-0.25, -0.2) is 13.1 Å².